The third-order valence-corrected chi connectivity index (χ3v) is 3.22. The molecule has 0 aliphatic heterocycles. The number of carbonyl (C=O) groups is 1. The maximum absolute atomic E-state index is 12.2. The van der Waals surface area contributed by atoms with Gasteiger partial charge in [0.25, 0.3) is 0 Å². The van der Waals surface area contributed by atoms with Crippen molar-refractivity contribution in [3.8, 4) is 0 Å². The van der Waals surface area contributed by atoms with Crippen molar-refractivity contribution in [2.45, 2.75) is 25.7 Å². The molecule has 100 valence electrons. The summed E-state index contributed by atoms with van der Waals surface area (Å²) in [6.45, 7) is 2.68. The lowest BCUT2D eigenvalue weighted by Crippen LogP contribution is -2.30. The molecule has 0 saturated carbocycles. The summed E-state index contributed by atoms with van der Waals surface area (Å²) in [6, 6.07) is 11.8. The lowest BCUT2D eigenvalue weighted by Gasteiger charge is -2.15. The quantitative estimate of drug-likeness (QED) is 0.863. The molecule has 0 aliphatic carbocycles. The van der Waals surface area contributed by atoms with Crippen LogP contribution in [0.3, 0.4) is 0 Å². The van der Waals surface area contributed by atoms with Gasteiger partial charge in [-0.15, -0.1) is 0 Å². The first-order valence-electron chi connectivity index (χ1n) is 6.65. The first-order valence-corrected chi connectivity index (χ1v) is 6.65. The van der Waals surface area contributed by atoms with Gasteiger partial charge in [0.15, 0.2) is 0 Å². The molecule has 2 aromatic rings. The second-order valence-electron chi connectivity index (χ2n) is 4.54. The van der Waals surface area contributed by atoms with Gasteiger partial charge >= 0.3 is 0 Å². The molecule has 0 aliphatic rings. The van der Waals surface area contributed by atoms with E-state index in [0.29, 0.717) is 6.54 Å². The Morgan fingerprint density at radius 2 is 2.05 bits per heavy atom. The number of nitrogens with one attached hydrogen (secondary N) is 1. The number of hydrogen-bond donors (Lipinski definition) is 1. The molecule has 1 N–H and O–H groups in total. The van der Waals surface area contributed by atoms with E-state index in [-0.39, 0.29) is 11.8 Å². The summed E-state index contributed by atoms with van der Waals surface area (Å²) in [7, 11) is 0. The normalized spacial score (nSPS) is 12.1. The van der Waals surface area contributed by atoms with E-state index in [9.17, 15) is 4.79 Å². The molecule has 1 atom stereocenters. The Balaban J connectivity index is 1.87. The Hall–Kier alpha value is -2.03. The predicted molar refractivity (Wildman–Crippen MR) is 74.9 cm³/mol. The van der Waals surface area contributed by atoms with Gasteiger partial charge in [-0.3, -0.25) is 4.79 Å². The van der Waals surface area contributed by atoms with Crippen molar-refractivity contribution in [1.82, 2.24) is 5.32 Å². The average molecular weight is 257 g/mol. The number of hydrogen-bond acceptors (Lipinski definition) is 2. The zero-order valence-corrected chi connectivity index (χ0v) is 11.1. The zero-order valence-electron chi connectivity index (χ0n) is 11.1. The summed E-state index contributed by atoms with van der Waals surface area (Å²) in [6.07, 6.45) is 4.96. The second kappa shape index (κ2) is 6.78. The fourth-order valence-corrected chi connectivity index (χ4v) is 2.15. The van der Waals surface area contributed by atoms with Gasteiger partial charge in [0, 0.05) is 6.54 Å². The van der Waals surface area contributed by atoms with Crippen molar-refractivity contribution >= 4 is 5.91 Å². The highest BCUT2D eigenvalue weighted by Crippen LogP contribution is 2.19. The van der Waals surface area contributed by atoms with Crippen molar-refractivity contribution in [3.63, 3.8) is 0 Å². The van der Waals surface area contributed by atoms with Crippen molar-refractivity contribution < 1.29 is 9.21 Å². The number of benzene rings is 1. The molecule has 19 heavy (non-hydrogen) atoms. The summed E-state index contributed by atoms with van der Waals surface area (Å²) in [4.78, 5) is 12.2. The van der Waals surface area contributed by atoms with E-state index in [1.54, 1.807) is 12.5 Å². The molecule has 0 saturated heterocycles. The van der Waals surface area contributed by atoms with Gasteiger partial charge in [0.1, 0.15) is 0 Å². The highest BCUT2D eigenvalue weighted by atomic mass is 16.3. The Kier molecular flexibility index (Phi) is 4.78. The minimum atomic E-state index is -0.0643. The highest BCUT2D eigenvalue weighted by molar-refractivity contribution is 5.83. The number of furan rings is 1. The molecule has 3 nitrogen and oxygen atoms in total. The summed E-state index contributed by atoms with van der Waals surface area (Å²) < 4.78 is 5.00. The van der Waals surface area contributed by atoms with E-state index >= 15 is 0 Å². The lowest BCUT2D eigenvalue weighted by molar-refractivity contribution is -0.122. The zero-order chi connectivity index (χ0) is 13.5. The summed E-state index contributed by atoms with van der Waals surface area (Å²) in [5.74, 6) is 0.0303. The number of carbonyl (C=O) groups excluding carboxylic acids is 1. The van der Waals surface area contributed by atoms with Crippen molar-refractivity contribution in [2.75, 3.05) is 6.54 Å². The monoisotopic (exact) mass is 257 g/mol. The molecular formula is C16H19NO2. The van der Waals surface area contributed by atoms with Gasteiger partial charge in [0.2, 0.25) is 5.91 Å². The number of amides is 1. The van der Waals surface area contributed by atoms with Gasteiger partial charge in [-0.25, -0.2) is 0 Å². The van der Waals surface area contributed by atoms with Crippen LogP contribution in [0.5, 0.6) is 0 Å². The molecule has 3 heteroatoms. The van der Waals surface area contributed by atoms with Gasteiger partial charge in [-0.05, 0) is 30.0 Å². The Bertz CT molecular complexity index is 491. The van der Waals surface area contributed by atoms with Crippen LogP contribution in [0.15, 0.2) is 53.3 Å². The van der Waals surface area contributed by atoms with E-state index in [1.807, 2.05) is 43.3 Å². The third kappa shape index (κ3) is 3.71. The number of rotatable bonds is 6. The van der Waals surface area contributed by atoms with Gasteiger partial charge in [0.05, 0.1) is 18.4 Å². The van der Waals surface area contributed by atoms with Crippen molar-refractivity contribution in [1.29, 1.82) is 0 Å². The van der Waals surface area contributed by atoms with E-state index in [2.05, 4.69) is 5.32 Å². The van der Waals surface area contributed by atoms with Gasteiger partial charge < -0.3 is 9.73 Å². The third-order valence-electron chi connectivity index (χ3n) is 3.22. The Morgan fingerprint density at radius 1 is 1.26 bits per heavy atom. The maximum Gasteiger partial charge on any atom is 0.227 e. The van der Waals surface area contributed by atoms with Crippen LogP contribution in [0.4, 0.5) is 0 Å². The first kappa shape index (κ1) is 13.4. The fourth-order valence-electron chi connectivity index (χ4n) is 2.15. The molecule has 0 radical (unpaired) electrons. The smallest absolute Gasteiger partial charge is 0.227 e. The van der Waals surface area contributed by atoms with Crippen LogP contribution in [0.1, 0.15) is 30.4 Å². The molecule has 2 rings (SSSR count). The molecule has 0 bridgehead atoms. The summed E-state index contributed by atoms with van der Waals surface area (Å²) in [5.41, 5.74) is 2.18. The van der Waals surface area contributed by atoms with Crippen molar-refractivity contribution in [2.24, 2.45) is 0 Å². The van der Waals surface area contributed by atoms with Gasteiger partial charge in [-0.1, -0.05) is 37.3 Å². The van der Waals surface area contributed by atoms with E-state index in [1.165, 1.54) is 0 Å². The predicted octanol–water partition coefficient (Wildman–Crippen LogP) is 3.13. The standard InChI is InChI=1S/C16H19NO2/c1-2-15(14-6-4-3-5-7-14)16(18)17-10-8-13-9-11-19-12-13/h3-7,9,11-12,15H,2,8,10H2,1H3,(H,17,18). The van der Waals surface area contributed by atoms with E-state index < -0.39 is 0 Å². The van der Waals surface area contributed by atoms with Crippen LogP contribution in [-0.2, 0) is 11.2 Å². The summed E-state index contributed by atoms with van der Waals surface area (Å²) >= 11 is 0. The molecule has 1 aromatic carbocycles. The average Bonchev–Trinajstić information content (AvgIpc) is 2.94. The van der Waals surface area contributed by atoms with Crippen LogP contribution in [0.25, 0.3) is 0 Å². The van der Waals surface area contributed by atoms with Crippen LogP contribution in [-0.4, -0.2) is 12.5 Å². The van der Waals surface area contributed by atoms with Crippen LogP contribution >= 0.6 is 0 Å². The second-order valence-corrected chi connectivity index (χ2v) is 4.54. The van der Waals surface area contributed by atoms with Crippen LogP contribution < -0.4 is 5.32 Å². The van der Waals surface area contributed by atoms with Crippen LogP contribution in [0, 0.1) is 0 Å². The lowest BCUT2D eigenvalue weighted by atomic mass is 9.95. The molecule has 0 fully saturated rings. The Labute approximate surface area is 113 Å². The molecule has 1 unspecified atom stereocenters. The Morgan fingerprint density at radius 3 is 2.68 bits per heavy atom. The van der Waals surface area contributed by atoms with E-state index in [4.69, 9.17) is 4.42 Å². The van der Waals surface area contributed by atoms with Gasteiger partial charge in [-0.2, -0.15) is 0 Å². The molecular weight excluding hydrogens is 238 g/mol. The SMILES string of the molecule is CCC(C(=O)NCCc1ccoc1)c1ccccc1. The topological polar surface area (TPSA) is 42.2 Å². The summed E-state index contributed by atoms with van der Waals surface area (Å²) in [5, 5.41) is 2.99. The minimum Gasteiger partial charge on any atom is -0.472 e. The minimum absolute atomic E-state index is 0.0643. The molecule has 1 amide bonds. The van der Waals surface area contributed by atoms with Crippen molar-refractivity contribution in [3.05, 3.63) is 60.1 Å². The fraction of sp³-hybridized carbons (Fsp3) is 0.312. The molecule has 0 spiro atoms. The molecule has 1 heterocycles. The van der Waals surface area contributed by atoms with E-state index in [0.717, 1.165) is 24.0 Å². The largest absolute Gasteiger partial charge is 0.472 e. The van der Waals surface area contributed by atoms with Crippen LogP contribution in [0.2, 0.25) is 0 Å². The molecule has 1 aromatic heterocycles. The highest BCUT2D eigenvalue weighted by Gasteiger charge is 2.17. The first-order chi connectivity index (χ1) is 9.31. The maximum atomic E-state index is 12.2.